The van der Waals surface area contributed by atoms with Gasteiger partial charge < -0.3 is 36.2 Å². The molecular weight excluding hydrogens is 601 g/mol. The van der Waals surface area contributed by atoms with Crippen molar-refractivity contribution in [3.63, 3.8) is 0 Å². The zero-order chi connectivity index (χ0) is 33.3. The maximum Gasteiger partial charge on any atom is 0.255 e. The number of H-pyrrole nitrogens is 1. The summed E-state index contributed by atoms with van der Waals surface area (Å²) in [6, 6.07) is 6.12. The molecule has 0 radical (unpaired) electrons. The number of nitrogens with zero attached hydrogens (tertiary/aromatic N) is 6. The van der Waals surface area contributed by atoms with Crippen LogP contribution in [0.2, 0.25) is 0 Å². The molecule has 47 heavy (non-hydrogen) atoms. The van der Waals surface area contributed by atoms with Crippen molar-refractivity contribution in [1.82, 2.24) is 35.1 Å². The van der Waals surface area contributed by atoms with E-state index < -0.39 is 5.82 Å². The van der Waals surface area contributed by atoms with Gasteiger partial charge in [0.1, 0.15) is 18.2 Å². The highest BCUT2D eigenvalue weighted by Crippen LogP contribution is 2.33. The molecule has 1 saturated heterocycles. The lowest BCUT2D eigenvalue weighted by molar-refractivity contribution is -0.108. The summed E-state index contributed by atoms with van der Waals surface area (Å²) in [5, 5.41) is 10.4. The van der Waals surface area contributed by atoms with Crippen LogP contribution in [0.4, 0.5) is 22.0 Å². The molecule has 2 fully saturated rings. The van der Waals surface area contributed by atoms with Gasteiger partial charge in [-0.3, -0.25) is 4.90 Å². The second-order valence-electron chi connectivity index (χ2n) is 11.6. The molecule has 6 N–H and O–H groups in total. The largest absolute Gasteiger partial charge is 0.471 e. The highest BCUT2D eigenvalue weighted by molar-refractivity contribution is 6.01. The first-order valence-electron chi connectivity index (χ1n) is 15.7. The van der Waals surface area contributed by atoms with E-state index in [-0.39, 0.29) is 12.0 Å². The molecule has 3 aromatic heterocycles. The van der Waals surface area contributed by atoms with Gasteiger partial charge in [0.25, 0.3) is 11.8 Å². The molecule has 1 aliphatic heterocycles. The van der Waals surface area contributed by atoms with E-state index in [4.69, 9.17) is 10.5 Å². The third kappa shape index (κ3) is 8.79. The number of carbonyl (C=O) groups is 1. The Hall–Kier alpha value is -5.11. The summed E-state index contributed by atoms with van der Waals surface area (Å²) in [5.74, 6) is 1.21. The van der Waals surface area contributed by atoms with Gasteiger partial charge in [-0.2, -0.15) is 14.4 Å². The fraction of sp³-hybridized carbons (Fsp3) is 0.394. The molecule has 1 aromatic carbocycles. The Morgan fingerprint density at radius 2 is 2.04 bits per heavy atom. The number of nitrogens with two attached hydrogens (primary N) is 1. The van der Waals surface area contributed by atoms with E-state index in [1.807, 2.05) is 51.2 Å². The molecule has 14 heteroatoms. The molecule has 1 saturated carbocycles. The lowest BCUT2D eigenvalue weighted by Crippen LogP contribution is -2.26. The number of benzene rings is 1. The fourth-order valence-electron chi connectivity index (χ4n) is 5.16. The minimum absolute atomic E-state index is 0.0127. The second-order valence-corrected chi connectivity index (χ2v) is 11.6. The van der Waals surface area contributed by atoms with Gasteiger partial charge in [-0.05, 0) is 56.7 Å². The topological polar surface area (TPSA) is 171 Å². The quantitative estimate of drug-likeness (QED) is 0.0852. The molecular formula is C33H42FN11O2. The molecule has 1 atom stereocenters. The number of para-hydroxylation sites is 1. The molecule has 2 aliphatic rings. The summed E-state index contributed by atoms with van der Waals surface area (Å²) >= 11 is 0. The number of aryl methyl sites for hydroxylation is 1. The van der Waals surface area contributed by atoms with Crippen LogP contribution in [-0.4, -0.2) is 88.3 Å². The van der Waals surface area contributed by atoms with Crippen LogP contribution in [0.5, 0.6) is 5.88 Å². The first-order chi connectivity index (χ1) is 22.8. The first-order valence-corrected chi connectivity index (χ1v) is 15.7. The Morgan fingerprint density at radius 1 is 1.21 bits per heavy atom. The van der Waals surface area contributed by atoms with Crippen LogP contribution in [0.3, 0.4) is 0 Å². The average molecular weight is 644 g/mol. The maximum atomic E-state index is 13.7. The molecule has 0 amide bonds. The molecule has 13 nitrogen and oxygen atoms in total. The third-order valence-electron chi connectivity index (χ3n) is 7.98. The van der Waals surface area contributed by atoms with Crippen LogP contribution < -0.4 is 26.4 Å². The van der Waals surface area contributed by atoms with Crippen LogP contribution in [0.25, 0.3) is 22.2 Å². The number of rotatable bonds is 12. The Morgan fingerprint density at radius 3 is 2.79 bits per heavy atom. The van der Waals surface area contributed by atoms with Crippen LogP contribution >= 0.6 is 0 Å². The van der Waals surface area contributed by atoms with Crippen molar-refractivity contribution in [2.75, 3.05) is 50.9 Å². The SMILES string of the molecule is CN/C(C)=C\C(N)=N/c1ncc(C)c(-c2c[nH]c3c(NC)cccc23)n1.O=CCN1CCC(Oc2nc(NCC3CC3)ncc2F)C1. The highest BCUT2D eigenvalue weighted by atomic mass is 19.1. The number of anilines is 2. The first kappa shape index (κ1) is 33.3. The van der Waals surface area contributed by atoms with Crippen LogP contribution in [-0.2, 0) is 4.79 Å². The number of aldehydes is 1. The Bertz CT molecular complexity index is 1750. The number of halogens is 1. The van der Waals surface area contributed by atoms with Crippen LogP contribution in [0.1, 0.15) is 31.7 Å². The van der Waals surface area contributed by atoms with Gasteiger partial charge in [-0.1, -0.05) is 12.1 Å². The second kappa shape index (κ2) is 15.5. The minimum Gasteiger partial charge on any atom is -0.471 e. The van der Waals surface area contributed by atoms with Gasteiger partial charge in [-0.15, -0.1) is 0 Å². The van der Waals surface area contributed by atoms with E-state index in [9.17, 15) is 9.18 Å². The number of amidine groups is 1. The summed E-state index contributed by atoms with van der Waals surface area (Å²) in [6.45, 7) is 6.50. The average Bonchev–Trinajstić information content (AvgIpc) is 3.64. The lowest BCUT2D eigenvalue weighted by Gasteiger charge is -2.15. The van der Waals surface area contributed by atoms with E-state index in [2.05, 4.69) is 51.9 Å². The molecule has 1 aliphatic carbocycles. The van der Waals surface area contributed by atoms with Crippen molar-refractivity contribution in [2.45, 2.75) is 39.2 Å². The van der Waals surface area contributed by atoms with Gasteiger partial charge in [0.15, 0.2) is 0 Å². The van der Waals surface area contributed by atoms with Gasteiger partial charge in [0, 0.05) is 62.8 Å². The van der Waals surface area contributed by atoms with E-state index >= 15 is 0 Å². The summed E-state index contributed by atoms with van der Waals surface area (Å²) in [4.78, 5) is 37.0. The number of aromatic amines is 1. The van der Waals surface area contributed by atoms with E-state index in [1.54, 1.807) is 12.3 Å². The molecule has 1 unspecified atom stereocenters. The van der Waals surface area contributed by atoms with E-state index in [0.717, 1.165) is 71.1 Å². The predicted octanol–water partition coefficient (Wildman–Crippen LogP) is 4.18. The Labute approximate surface area is 273 Å². The number of hydrogen-bond donors (Lipinski definition) is 5. The zero-order valence-electron chi connectivity index (χ0n) is 27.2. The standard InChI is InChI=1S/C19H23N7.C14H19FN4O2/c1-11-9-24-19(25-16(20)8-12(2)21-3)26-17(11)14-10-23-18-13(14)6-5-7-15(18)22-4;15-12-8-17-14(16-7-10-1-2-10)18-13(12)21-11-3-4-19(9-11)5-6-20/h5-10,21-23H,1-4H3,(H2,20,24,25,26);6,8,10-11H,1-5,7,9H2,(H,16,17,18)/b12-8-;. The minimum atomic E-state index is -0.555. The van der Waals surface area contributed by atoms with E-state index in [1.165, 1.54) is 12.8 Å². The normalized spacial score (nSPS) is 16.8. The summed E-state index contributed by atoms with van der Waals surface area (Å²) in [7, 11) is 3.73. The Balaban J connectivity index is 0.000000189. The van der Waals surface area contributed by atoms with Gasteiger partial charge in [-0.25, -0.2) is 15.0 Å². The number of nitrogens with one attached hydrogen (secondary N) is 4. The van der Waals surface area contributed by atoms with Crippen LogP contribution in [0, 0.1) is 18.7 Å². The predicted molar refractivity (Wildman–Crippen MR) is 182 cm³/mol. The third-order valence-corrected chi connectivity index (χ3v) is 7.98. The van der Waals surface area contributed by atoms with Crippen molar-refractivity contribution in [3.05, 3.63) is 59.9 Å². The van der Waals surface area contributed by atoms with Crippen molar-refractivity contribution >= 4 is 40.6 Å². The van der Waals surface area contributed by atoms with Crippen molar-refractivity contribution in [3.8, 4) is 17.1 Å². The number of ether oxygens (including phenoxy) is 1. The maximum absolute atomic E-state index is 13.7. The number of fused-ring (bicyclic) bond motifs is 1. The summed E-state index contributed by atoms with van der Waals surface area (Å²) in [6.07, 6.45) is 10.6. The van der Waals surface area contributed by atoms with Crippen molar-refractivity contribution in [1.29, 1.82) is 0 Å². The molecule has 4 aromatic rings. The molecule has 0 bridgehead atoms. The molecule has 248 valence electrons. The zero-order valence-corrected chi connectivity index (χ0v) is 27.2. The lowest BCUT2D eigenvalue weighted by atomic mass is 10.1. The van der Waals surface area contributed by atoms with Crippen molar-refractivity contribution < 1.29 is 13.9 Å². The fourth-order valence-corrected chi connectivity index (χ4v) is 5.16. The van der Waals surface area contributed by atoms with E-state index in [0.29, 0.717) is 36.7 Å². The molecule has 6 rings (SSSR count). The number of likely N-dealkylation sites (tertiary alicyclic amines) is 1. The van der Waals surface area contributed by atoms with Gasteiger partial charge in [0.2, 0.25) is 11.8 Å². The summed E-state index contributed by atoms with van der Waals surface area (Å²) in [5.41, 5.74) is 11.8. The van der Waals surface area contributed by atoms with Gasteiger partial charge in [0.05, 0.1) is 29.6 Å². The highest BCUT2D eigenvalue weighted by Gasteiger charge is 2.26. The molecule has 4 heterocycles. The number of hydrogen-bond acceptors (Lipinski definition) is 11. The summed E-state index contributed by atoms with van der Waals surface area (Å²) < 4.78 is 19.4. The van der Waals surface area contributed by atoms with Gasteiger partial charge >= 0.3 is 0 Å². The number of carbonyl (C=O) groups excluding carboxylic acids is 1. The van der Waals surface area contributed by atoms with Crippen LogP contribution in [0.15, 0.2) is 53.6 Å². The van der Waals surface area contributed by atoms with Crippen molar-refractivity contribution in [2.24, 2.45) is 16.6 Å². The number of aromatic nitrogens is 5. The molecule has 0 spiro atoms. The Kier molecular flexibility index (Phi) is 10.9. The smallest absolute Gasteiger partial charge is 0.255 e. The number of aliphatic imine (C=N–C) groups is 1. The number of allylic oxidation sites excluding steroid dienone is 1. The monoisotopic (exact) mass is 643 g/mol.